The van der Waals surface area contributed by atoms with Gasteiger partial charge in [-0.3, -0.25) is 19.0 Å². The molecular formula is C21H21N5O3S. The summed E-state index contributed by atoms with van der Waals surface area (Å²) < 4.78 is 1.96. The second kappa shape index (κ2) is 10.1. The molecule has 1 aromatic heterocycles. The number of benzene rings is 1. The Labute approximate surface area is 177 Å². The molecule has 0 bridgehead atoms. The Morgan fingerprint density at radius 1 is 1.40 bits per heavy atom. The van der Waals surface area contributed by atoms with Crippen LogP contribution in [-0.4, -0.2) is 30.0 Å². The van der Waals surface area contributed by atoms with E-state index in [9.17, 15) is 19.6 Å². The van der Waals surface area contributed by atoms with E-state index in [1.165, 1.54) is 22.6 Å². The van der Waals surface area contributed by atoms with Crippen molar-refractivity contribution < 1.29 is 9.59 Å². The van der Waals surface area contributed by atoms with E-state index in [-0.39, 0.29) is 28.2 Å². The number of hydrogen-bond acceptors (Lipinski definition) is 6. The zero-order valence-corrected chi connectivity index (χ0v) is 17.7. The number of nitrogens with zero attached hydrogens (tertiary/aromatic N) is 3. The predicted octanol–water partition coefficient (Wildman–Crippen LogP) is 0.186. The molecule has 2 rings (SSSR count). The van der Waals surface area contributed by atoms with E-state index in [2.05, 4.69) is 16.6 Å². The largest absolute Gasteiger partial charge is 0.360 e. The smallest absolute Gasteiger partial charge is 0.270 e. The first-order valence-corrected chi connectivity index (χ1v) is 9.82. The molecule has 0 aliphatic carbocycles. The molecule has 0 fully saturated rings. The van der Waals surface area contributed by atoms with Gasteiger partial charge in [-0.1, -0.05) is 12.0 Å². The molecule has 2 amide bonds. The summed E-state index contributed by atoms with van der Waals surface area (Å²) in [4.78, 5) is 38.0. The van der Waals surface area contributed by atoms with Gasteiger partial charge in [-0.2, -0.15) is 5.26 Å². The van der Waals surface area contributed by atoms with Gasteiger partial charge < -0.3 is 15.5 Å². The molecule has 1 aromatic carbocycles. The summed E-state index contributed by atoms with van der Waals surface area (Å²) in [5, 5.41) is 14.9. The molecule has 2 N–H and O–H groups in total. The van der Waals surface area contributed by atoms with Crippen molar-refractivity contribution in [2.45, 2.75) is 20.4 Å². The fourth-order valence-electron chi connectivity index (χ4n) is 2.54. The van der Waals surface area contributed by atoms with Crippen LogP contribution in [0.4, 0.5) is 11.4 Å². The number of nitriles is 1. The van der Waals surface area contributed by atoms with Crippen LogP contribution in [-0.2, 0) is 16.1 Å². The van der Waals surface area contributed by atoms with Crippen LogP contribution in [0.3, 0.4) is 0 Å². The van der Waals surface area contributed by atoms with Crippen molar-refractivity contribution in [1.82, 2.24) is 9.88 Å². The highest BCUT2D eigenvalue weighted by atomic mass is 32.1. The van der Waals surface area contributed by atoms with Crippen LogP contribution in [0, 0.1) is 23.7 Å². The second-order valence-corrected chi connectivity index (χ2v) is 7.14. The molecule has 0 aliphatic heterocycles. The zero-order valence-electron chi connectivity index (χ0n) is 16.9. The van der Waals surface area contributed by atoms with Crippen LogP contribution in [0.1, 0.15) is 13.8 Å². The van der Waals surface area contributed by atoms with E-state index < -0.39 is 5.91 Å². The third-order valence-corrected chi connectivity index (χ3v) is 5.33. The third kappa shape index (κ3) is 4.96. The lowest BCUT2D eigenvalue weighted by atomic mass is 10.2. The fraction of sp³-hybridized carbons (Fsp3) is 0.238. The molecule has 9 heteroatoms. The molecule has 0 saturated carbocycles. The Morgan fingerprint density at radius 2 is 2.13 bits per heavy atom. The molecule has 2 aromatic rings. The maximum atomic E-state index is 12.7. The van der Waals surface area contributed by atoms with Crippen molar-refractivity contribution in [3.05, 3.63) is 43.8 Å². The van der Waals surface area contributed by atoms with Crippen LogP contribution in [0.2, 0.25) is 0 Å². The molecule has 0 unspecified atom stereocenters. The minimum absolute atomic E-state index is 0.0165. The van der Waals surface area contributed by atoms with Crippen LogP contribution in [0.25, 0.3) is 11.8 Å². The van der Waals surface area contributed by atoms with E-state index in [1.54, 1.807) is 38.2 Å². The number of carbonyl (C=O) groups excluding carboxylic acids is 2. The fourth-order valence-corrected chi connectivity index (χ4v) is 3.63. The molecule has 30 heavy (non-hydrogen) atoms. The van der Waals surface area contributed by atoms with E-state index >= 15 is 0 Å². The minimum atomic E-state index is -0.626. The summed E-state index contributed by atoms with van der Waals surface area (Å²) in [6.45, 7) is 3.50. The minimum Gasteiger partial charge on any atom is -0.360 e. The van der Waals surface area contributed by atoms with Gasteiger partial charge in [-0.25, -0.2) is 0 Å². The van der Waals surface area contributed by atoms with Gasteiger partial charge in [0.05, 0.1) is 6.54 Å². The number of aromatic nitrogens is 1. The van der Waals surface area contributed by atoms with E-state index in [4.69, 9.17) is 6.42 Å². The lowest BCUT2D eigenvalue weighted by Gasteiger charge is -2.15. The third-order valence-electron chi connectivity index (χ3n) is 4.20. The molecule has 8 nitrogen and oxygen atoms in total. The number of carbonyl (C=O) groups is 2. The quantitative estimate of drug-likeness (QED) is 0.645. The molecule has 0 aliphatic rings. The van der Waals surface area contributed by atoms with E-state index in [0.717, 1.165) is 11.3 Å². The Kier molecular flexibility index (Phi) is 7.56. The van der Waals surface area contributed by atoms with Gasteiger partial charge in [0.25, 0.3) is 11.5 Å². The van der Waals surface area contributed by atoms with Gasteiger partial charge in [0.15, 0.2) is 5.57 Å². The van der Waals surface area contributed by atoms with Gasteiger partial charge in [0.1, 0.15) is 15.3 Å². The first-order valence-electron chi connectivity index (χ1n) is 9.00. The molecule has 1 heterocycles. The standard InChI is InChI=1S/C21H21N5O3S/c1-5-10-23-19(28)17(12-22)21-26(6-2)20(29)18(30-21)13-24-15-8-7-9-16(11-15)25(4)14(3)27/h1,7-9,11,13,24H,6,10H2,2-4H3,(H,23,28)/b18-13+,21-17-. The van der Waals surface area contributed by atoms with Gasteiger partial charge in [-0.15, -0.1) is 17.8 Å². The summed E-state index contributed by atoms with van der Waals surface area (Å²) in [7, 11) is 1.67. The number of hydrogen-bond donors (Lipinski definition) is 2. The van der Waals surface area contributed by atoms with E-state index in [0.29, 0.717) is 22.5 Å². The monoisotopic (exact) mass is 423 g/mol. The van der Waals surface area contributed by atoms with Crippen molar-refractivity contribution in [2.75, 3.05) is 23.8 Å². The zero-order chi connectivity index (χ0) is 22.3. The molecule has 154 valence electrons. The van der Waals surface area contributed by atoms with Crippen LogP contribution < -0.4 is 30.3 Å². The molecule has 0 radical (unpaired) electrons. The Bertz CT molecular complexity index is 1230. The van der Waals surface area contributed by atoms with Gasteiger partial charge in [0, 0.05) is 38.1 Å². The van der Waals surface area contributed by atoms with E-state index in [1.807, 2.05) is 6.07 Å². The molecule has 0 atom stereocenters. The normalized spacial score (nSPS) is 11.8. The highest BCUT2D eigenvalue weighted by Crippen LogP contribution is 2.18. The average molecular weight is 423 g/mol. The van der Waals surface area contributed by atoms with Crippen molar-refractivity contribution in [3.63, 3.8) is 0 Å². The van der Waals surface area contributed by atoms with Gasteiger partial charge in [0.2, 0.25) is 5.91 Å². The highest BCUT2D eigenvalue weighted by Gasteiger charge is 2.14. The lowest BCUT2D eigenvalue weighted by Crippen LogP contribution is -2.34. The maximum Gasteiger partial charge on any atom is 0.270 e. The second-order valence-electron chi connectivity index (χ2n) is 6.11. The Morgan fingerprint density at radius 3 is 2.73 bits per heavy atom. The number of terminal acetylenes is 1. The maximum absolute atomic E-state index is 12.7. The Hall–Kier alpha value is -3.82. The number of rotatable bonds is 6. The molecule has 0 spiro atoms. The van der Waals surface area contributed by atoms with Gasteiger partial charge in [-0.05, 0) is 25.1 Å². The van der Waals surface area contributed by atoms with Crippen LogP contribution in [0.15, 0.2) is 29.1 Å². The topological polar surface area (TPSA) is 107 Å². The summed E-state index contributed by atoms with van der Waals surface area (Å²) in [6, 6.07) is 9.00. The summed E-state index contributed by atoms with van der Waals surface area (Å²) in [5.41, 5.74) is 0.886. The first kappa shape index (κ1) is 22.5. The van der Waals surface area contributed by atoms with Crippen LogP contribution >= 0.6 is 11.3 Å². The number of anilines is 2. The Balaban J connectivity index is 2.50. The van der Waals surface area contributed by atoms with Crippen molar-refractivity contribution in [2.24, 2.45) is 0 Å². The molecule has 0 saturated heterocycles. The summed E-state index contributed by atoms with van der Waals surface area (Å²) in [6.07, 6.45) is 6.66. The number of amides is 2. The van der Waals surface area contributed by atoms with Gasteiger partial charge >= 0.3 is 0 Å². The lowest BCUT2D eigenvalue weighted by molar-refractivity contribution is -0.116. The van der Waals surface area contributed by atoms with Crippen molar-refractivity contribution >= 4 is 46.3 Å². The SMILES string of the molecule is C#CCNC(=O)/C(C#N)=c1\s/c(=C/Nc2cccc(N(C)C(C)=O)c2)c(=O)n1CC. The number of nitrogens with one attached hydrogen (secondary N) is 2. The van der Waals surface area contributed by atoms with Crippen LogP contribution in [0.5, 0.6) is 0 Å². The summed E-state index contributed by atoms with van der Waals surface area (Å²) >= 11 is 1.04. The average Bonchev–Trinajstić information content (AvgIpc) is 3.05. The predicted molar refractivity (Wildman–Crippen MR) is 118 cm³/mol. The first-order chi connectivity index (χ1) is 14.3. The highest BCUT2D eigenvalue weighted by molar-refractivity contribution is 7.07. The van der Waals surface area contributed by atoms with Crippen molar-refractivity contribution in [1.29, 1.82) is 5.26 Å². The molecular weight excluding hydrogens is 402 g/mol. The van der Waals surface area contributed by atoms with Crippen molar-refractivity contribution in [3.8, 4) is 18.4 Å². The number of thiazole rings is 1. The summed E-state index contributed by atoms with van der Waals surface area (Å²) in [5.74, 6) is 1.54.